The zero-order valence-electron chi connectivity index (χ0n) is 10.4. The highest BCUT2D eigenvalue weighted by Gasteiger charge is 2.06. The van der Waals surface area contributed by atoms with Gasteiger partial charge < -0.3 is 10.1 Å². The topological polar surface area (TPSA) is 51.2 Å². The lowest BCUT2D eigenvalue weighted by atomic mass is 10.1. The van der Waals surface area contributed by atoms with Gasteiger partial charge in [0.2, 0.25) is 5.91 Å². The SMILES string of the molecule is COc1cccc(CC(=O)Nc2cccc(Br)n2)c1. The summed E-state index contributed by atoms with van der Waals surface area (Å²) in [7, 11) is 1.60. The molecule has 0 saturated heterocycles. The highest BCUT2D eigenvalue weighted by atomic mass is 79.9. The monoisotopic (exact) mass is 320 g/mol. The number of hydrogen-bond acceptors (Lipinski definition) is 3. The molecule has 0 fully saturated rings. The first-order valence-corrected chi connectivity index (χ1v) is 6.52. The molecule has 0 spiro atoms. The van der Waals surface area contributed by atoms with Crippen LogP contribution in [0.1, 0.15) is 5.56 Å². The summed E-state index contributed by atoms with van der Waals surface area (Å²) in [6.07, 6.45) is 0.283. The predicted octanol–water partition coefficient (Wildman–Crippen LogP) is 3.03. The van der Waals surface area contributed by atoms with Crippen molar-refractivity contribution >= 4 is 27.7 Å². The van der Waals surface area contributed by atoms with Gasteiger partial charge in [-0.3, -0.25) is 4.79 Å². The van der Waals surface area contributed by atoms with Gasteiger partial charge in [-0.05, 0) is 45.8 Å². The summed E-state index contributed by atoms with van der Waals surface area (Å²) >= 11 is 3.26. The number of hydrogen-bond donors (Lipinski definition) is 1. The van der Waals surface area contributed by atoms with Crippen molar-refractivity contribution in [1.82, 2.24) is 4.98 Å². The van der Waals surface area contributed by atoms with Crippen molar-refractivity contribution < 1.29 is 9.53 Å². The van der Waals surface area contributed by atoms with E-state index in [1.165, 1.54) is 0 Å². The van der Waals surface area contributed by atoms with Crippen molar-refractivity contribution in [1.29, 1.82) is 0 Å². The molecule has 2 aromatic rings. The first-order valence-electron chi connectivity index (χ1n) is 5.73. The first-order chi connectivity index (χ1) is 9.17. The van der Waals surface area contributed by atoms with Crippen LogP contribution in [0, 0.1) is 0 Å². The lowest BCUT2D eigenvalue weighted by Gasteiger charge is -2.06. The first kappa shape index (κ1) is 13.5. The van der Waals surface area contributed by atoms with Gasteiger partial charge in [0.25, 0.3) is 0 Å². The number of ether oxygens (including phenoxy) is 1. The minimum Gasteiger partial charge on any atom is -0.497 e. The summed E-state index contributed by atoms with van der Waals surface area (Å²) in [4.78, 5) is 16.0. The second kappa shape index (κ2) is 6.33. The van der Waals surface area contributed by atoms with Gasteiger partial charge in [-0.25, -0.2) is 4.98 Å². The molecule has 4 nitrogen and oxygen atoms in total. The molecule has 0 radical (unpaired) electrons. The number of aromatic nitrogens is 1. The number of carbonyl (C=O) groups is 1. The van der Waals surface area contributed by atoms with E-state index in [1.54, 1.807) is 19.2 Å². The molecule has 0 saturated carbocycles. The number of anilines is 1. The Balaban J connectivity index is 2.01. The summed E-state index contributed by atoms with van der Waals surface area (Å²) in [6, 6.07) is 12.8. The van der Waals surface area contributed by atoms with Crippen LogP contribution in [0.3, 0.4) is 0 Å². The summed E-state index contributed by atoms with van der Waals surface area (Å²) < 4.78 is 5.81. The minimum atomic E-state index is -0.112. The molecular formula is C14H13BrN2O2. The number of nitrogens with zero attached hydrogens (tertiary/aromatic N) is 1. The lowest BCUT2D eigenvalue weighted by molar-refractivity contribution is -0.115. The van der Waals surface area contributed by atoms with Crippen LogP contribution in [0.15, 0.2) is 47.1 Å². The van der Waals surface area contributed by atoms with Gasteiger partial charge in [0, 0.05) is 0 Å². The maximum absolute atomic E-state index is 11.9. The van der Waals surface area contributed by atoms with Crippen LogP contribution in [-0.4, -0.2) is 18.0 Å². The maximum atomic E-state index is 11.9. The van der Waals surface area contributed by atoms with Crippen LogP contribution in [0.2, 0.25) is 0 Å². The Morgan fingerprint density at radius 2 is 2.11 bits per heavy atom. The second-order valence-electron chi connectivity index (χ2n) is 3.92. The van der Waals surface area contributed by atoms with Gasteiger partial charge in [0.05, 0.1) is 13.5 Å². The van der Waals surface area contributed by atoms with E-state index in [0.29, 0.717) is 10.4 Å². The average molecular weight is 321 g/mol. The van der Waals surface area contributed by atoms with Crippen molar-refractivity contribution in [2.24, 2.45) is 0 Å². The predicted molar refractivity (Wildman–Crippen MR) is 77.3 cm³/mol. The van der Waals surface area contributed by atoms with Gasteiger partial charge in [0.15, 0.2) is 0 Å². The molecule has 98 valence electrons. The summed E-state index contributed by atoms with van der Waals surface area (Å²) in [5, 5.41) is 2.75. The van der Waals surface area contributed by atoms with Gasteiger partial charge >= 0.3 is 0 Å². The highest BCUT2D eigenvalue weighted by Crippen LogP contribution is 2.14. The lowest BCUT2D eigenvalue weighted by Crippen LogP contribution is -2.15. The molecule has 5 heteroatoms. The fourth-order valence-corrected chi connectivity index (χ4v) is 1.98. The Kier molecular flexibility index (Phi) is 4.52. The number of pyridine rings is 1. The third-order valence-electron chi connectivity index (χ3n) is 2.48. The molecule has 0 atom stereocenters. The van der Waals surface area contributed by atoms with Gasteiger partial charge in [0.1, 0.15) is 16.2 Å². The molecule has 0 aliphatic rings. The average Bonchev–Trinajstić information content (AvgIpc) is 2.38. The highest BCUT2D eigenvalue weighted by molar-refractivity contribution is 9.10. The van der Waals surface area contributed by atoms with E-state index < -0.39 is 0 Å². The number of rotatable bonds is 4. The zero-order chi connectivity index (χ0) is 13.7. The van der Waals surface area contributed by atoms with Crippen LogP contribution in [-0.2, 0) is 11.2 Å². The van der Waals surface area contributed by atoms with Crippen LogP contribution >= 0.6 is 15.9 Å². The Hall–Kier alpha value is -1.88. The van der Waals surface area contributed by atoms with E-state index >= 15 is 0 Å². The number of nitrogens with one attached hydrogen (secondary N) is 1. The van der Waals surface area contributed by atoms with E-state index in [9.17, 15) is 4.79 Å². The van der Waals surface area contributed by atoms with E-state index in [4.69, 9.17) is 4.74 Å². The van der Waals surface area contributed by atoms with Crippen molar-refractivity contribution in [3.63, 3.8) is 0 Å². The van der Waals surface area contributed by atoms with E-state index in [0.717, 1.165) is 11.3 Å². The standard InChI is InChI=1S/C14H13BrN2O2/c1-19-11-5-2-4-10(8-11)9-14(18)17-13-7-3-6-12(15)16-13/h2-8H,9H2,1H3,(H,16,17,18). The van der Waals surface area contributed by atoms with Crippen molar-refractivity contribution in [3.05, 3.63) is 52.6 Å². The van der Waals surface area contributed by atoms with Crippen LogP contribution in [0.25, 0.3) is 0 Å². The van der Waals surface area contributed by atoms with Crippen molar-refractivity contribution in [3.8, 4) is 5.75 Å². The van der Waals surface area contributed by atoms with Gasteiger partial charge in [-0.1, -0.05) is 18.2 Å². The Morgan fingerprint density at radius 1 is 1.32 bits per heavy atom. The maximum Gasteiger partial charge on any atom is 0.229 e. The molecule has 0 bridgehead atoms. The molecular weight excluding hydrogens is 308 g/mol. The third kappa shape index (κ3) is 4.06. The quantitative estimate of drug-likeness (QED) is 0.881. The molecule has 1 aromatic heterocycles. The Morgan fingerprint density at radius 3 is 2.84 bits per heavy atom. The smallest absolute Gasteiger partial charge is 0.229 e. The van der Waals surface area contributed by atoms with Crippen LogP contribution in [0.4, 0.5) is 5.82 Å². The van der Waals surface area contributed by atoms with E-state index in [-0.39, 0.29) is 12.3 Å². The molecule has 0 unspecified atom stereocenters. The molecule has 0 aliphatic heterocycles. The zero-order valence-corrected chi connectivity index (χ0v) is 12.0. The normalized spacial score (nSPS) is 10.0. The van der Waals surface area contributed by atoms with Crippen LogP contribution < -0.4 is 10.1 Å². The summed E-state index contributed by atoms with van der Waals surface area (Å²) in [5.41, 5.74) is 0.895. The van der Waals surface area contributed by atoms with E-state index in [2.05, 4.69) is 26.2 Å². The number of carbonyl (C=O) groups excluding carboxylic acids is 1. The molecule has 2 rings (SSSR count). The molecule has 1 amide bonds. The van der Waals surface area contributed by atoms with Crippen molar-refractivity contribution in [2.75, 3.05) is 12.4 Å². The third-order valence-corrected chi connectivity index (χ3v) is 2.92. The van der Waals surface area contributed by atoms with Gasteiger partial charge in [-0.2, -0.15) is 0 Å². The fraction of sp³-hybridized carbons (Fsp3) is 0.143. The Bertz CT molecular complexity index is 587. The number of halogens is 1. The number of benzene rings is 1. The number of methoxy groups -OCH3 is 1. The molecule has 1 aromatic carbocycles. The minimum absolute atomic E-state index is 0.112. The second-order valence-corrected chi connectivity index (χ2v) is 4.73. The Labute approximate surface area is 119 Å². The molecule has 0 aliphatic carbocycles. The van der Waals surface area contributed by atoms with Crippen LogP contribution in [0.5, 0.6) is 5.75 Å². The van der Waals surface area contributed by atoms with E-state index in [1.807, 2.05) is 30.3 Å². The summed E-state index contributed by atoms with van der Waals surface area (Å²) in [5.74, 6) is 1.16. The van der Waals surface area contributed by atoms with Crippen molar-refractivity contribution in [2.45, 2.75) is 6.42 Å². The fourth-order valence-electron chi connectivity index (χ4n) is 1.63. The summed E-state index contributed by atoms with van der Waals surface area (Å²) in [6.45, 7) is 0. The molecule has 19 heavy (non-hydrogen) atoms. The van der Waals surface area contributed by atoms with Gasteiger partial charge in [-0.15, -0.1) is 0 Å². The number of amides is 1. The molecule has 1 heterocycles. The molecule has 1 N–H and O–H groups in total. The largest absolute Gasteiger partial charge is 0.497 e.